The molecule has 2 nitrogen and oxygen atoms in total. The topological polar surface area (TPSA) is 15.3 Å². The van der Waals surface area contributed by atoms with Crippen LogP contribution in [0, 0.1) is 5.92 Å². The van der Waals surface area contributed by atoms with Gasteiger partial charge < -0.3 is 5.32 Å². The normalized spacial score (nSPS) is 14.9. The molecule has 0 saturated heterocycles. The van der Waals surface area contributed by atoms with Crippen molar-refractivity contribution >= 4 is 0 Å². The van der Waals surface area contributed by atoms with E-state index in [-0.39, 0.29) is 0 Å². The molecule has 2 rings (SSSR count). The van der Waals surface area contributed by atoms with E-state index < -0.39 is 0 Å². The highest BCUT2D eigenvalue weighted by Gasteiger charge is 2.28. The molecule has 0 aromatic heterocycles. The van der Waals surface area contributed by atoms with E-state index >= 15 is 0 Å². The van der Waals surface area contributed by atoms with Gasteiger partial charge in [-0.15, -0.1) is 6.58 Å². The summed E-state index contributed by atoms with van der Waals surface area (Å²) >= 11 is 0. The highest BCUT2D eigenvalue weighted by atomic mass is 15.2. The Morgan fingerprint density at radius 1 is 1.29 bits per heavy atom. The Kier molecular flexibility index (Phi) is 6.47. The zero-order chi connectivity index (χ0) is 15.1. The zero-order valence-electron chi connectivity index (χ0n) is 13.6. The minimum atomic E-state index is 0.721. The van der Waals surface area contributed by atoms with Crippen molar-refractivity contribution in [3.05, 3.63) is 48.0 Å². The Morgan fingerprint density at radius 2 is 2.00 bits per heavy atom. The molecule has 1 saturated carbocycles. The van der Waals surface area contributed by atoms with Gasteiger partial charge in [0, 0.05) is 19.1 Å². The van der Waals surface area contributed by atoms with Crippen LogP contribution in [-0.2, 0) is 13.0 Å². The molecule has 0 spiro atoms. The average molecular weight is 286 g/mol. The molecule has 2 heteroatoms. The standard InChI is InChI=1S/C19H30N2/c1-4-13-21(19-9-10-19)15-18-8-6-5-7-17(18)11-12-20-14-16(2)3/h4-8,16,19-20H,1,9-15H2,2-3H3. The van der Waals surface area contributed by atoms with Gasteiger partial charge in [-0.3, -0.25) is 4.90 Å². The van der Waals surface area contributed by atoms with Crippen molar-refractivity contribution in [3.8, 4) is 0 Å². The van der Waals surface area contributed by atoms with Crippen LogP contribution in [0.15, 0.2) is 36.9 Å². The third-order valence-corrected chi connectivity index (χ3v) is 4.04. The molecule has 0 atom stereocenters. The van der Waals surface area contributed by atoms with Crippen molar-refractivity contribution in [2.75, 3.05) is 19.6 Å². The summed E-state index contributed by atoms with van der Waals surface area (Å²) < 4.78 is 0. The second kappa shape index (κ2) is 8.35. The summed E-state index contributed by atoms with van der Waals surface area (Å²) in [6, 6.07) is 9.69. The lowest BCUT2D eigenvalue weighted by atomic mass is 10.0. The first-order valence-electron chi connectivity index (χ1n) is 8.33. The van der Waals surface area contributed by atoms with Gasteiger partial charge in [0.1, 0.15) is 0 Å². The first-order valence-corrected chi connectivity index (χ1v) is 8.33. The fourth-order valence-corrected chi connectivity index (χ4v) is 2.74. The molecule has 0 amide bonds. The van der Waals surface area contributed by atoms with Crippen LogP contribution < -0.4 is 5.32 Å². The molecule has 0 radical (unpaired) electrons. The Morgan fingerprint density at radius 3 is 2.62 bits per heavy atom. The monoisotopic (exact) mass is 286 g/mol. The maximum absolute atomic E-state index is 3.90. The van der Waals surface area contributed by atoms with Gasteiger partial charge in [0.2, 0.25) is 0 Å². The van der Waals surface area contributed by atoms with Crippen LogP contribution in [0.25, 0.3) is 0 Å². The summed E-state index contributed by atoms with van der Waals surface area (Å²) in [5.74, 6) is 0.721. The van der Waals surface area contributed by atoms with Crippen molar-refractivity contribution in [2.24, 2.45) is 5.92 Å². The Labute approximate surface area is 130 Å². The van der Waals surface area contributed by atoms with Crippen LogP contribution in [0.2, 0.25) is 0 Å². The van der Waals surface area contributed by atoms with Crippen molar-refractivity contribution in [2.45, 2.75) is 45.7 Å². The summed E-state index contributed by atoms with van der Waals surface area (Å²) in [7, 11) is 0. The van der Waals surface area contributed by atoms with Gasteiger partial charge in [0.05, 0.1) is 0 Å². The van der Waals surface area contributed by atoms with Gasteiger partial charge >= 0.3 is 0 Å². The molecular weight excluding hydrogens is 256 g/mol. The maximum atomic E-state index is 3.90. The summed E-state index contributed by atoms with van der Waals surface area (Å²) in [6.45, 7) is 12.7. The van der Waals surface area contributed by atoms with Crippen molar-refractivity contribution in [1.29, 1.82) is 0 Å². The Hall–Kier alpha value is -1.12. The summed E-state index contributed by atoms with van der Waals surface area (Å²) in [4.78, 5) is 2.56. The van der Waals surface area contributed by atoms with Gasteiger partial charge in [-0.1, -0.05) is 44.2 Å². The SMILES string of the molecule is C=CCN(Cc1ccccc1CCNCC(C)C)C1CC1. The second-order valence-electron chi connectivity index (χ2n) is 6.57. The molecule has 0 aliphatic heterocycles. The third-order valence-electron chi connectivity index (χ3n) is 4.04. The number of rotatable bonds is 10. The van der Waals surface area contributed by atoms with E-state index in [0.29, 0.717) is 0 Å². The van der Waals surface area contributed by atoms with Gasteiger partial charge in [-0.25, -0.2) is 0 Å². The molecule has 0 bridgehead atoms. The van der Waals surface area contributed by atoms with Gasteiger partial charge in [0.15, 0.2) is 0 Å². The molecule has 1 N–H and O–H groups in total. The number of nitrogens with one attached hydrogen (secondary N) is 1. The highest BCUT2D eigenvalue weighted by Crippen LogP contribution is 2.28. The van der Waals surface area contributed by atoms with Gasteiger partial charge in [-0.05, 0) is 49.4 Å². The van der Waals surface area contributed by atoms with Crippen LogP contribution >= 0.6 is 0 Å². The summed E-state index contributed by atoms with van der Waals surface area (Å²) in [6.07, 6.45) is 5.86. The van der Waals surface area contributed by atoms with Crippen LogP contribution in [0.3, 0.4) is 0 Å². The summed E-state index contributed by atoms with van der Waals surface area (Å²) in [5.41, 5.74) is 2.97. The molecule has 1 aromatic carbocycles. The molecule has 0 heterocycles. The van der Waals surface area contributed by atoms with Crippen molar-refractivity contribution in [1.82, 2.24) is 10.2 Å². The van der Waals surface area contributed by atoms with Crippen LogP contribution in [0.4, 0.5) is 0 Å². The van der Waals surface area contributed by atoms with E-state index in [1.165, 1.54) is 24.0 Å². The zero-order valence-corrected chi connectivity index (χ0v) is 13.6. The lowest BCUT2D eigenvalue weighted by Crippen LogP contribution is -2.27. The van der Waals surface area contributed by atoms with Crippen molar-refractivity contribution < 1.29 is 0 Å². The third kappa shape index (κ3) is 5.64. The molecular formula is C19H30N2. The number of benzene rings is 1. The van der Waals surface area contributed by atoms with E-state index in [0.717, 1.165) is 44.6 Å². The maximum Gasteiger partial charge on any atom is 0.0242 e. The Balaban J connectivity index is 1.90. The molecule has 21 heavy (non-hydrogen) atoms. The van der Waals surface area contributed by atoms with Crippen LogP contribution in [-0.4, -0.2) is 30.6 Å². The highest BCUT2D eigenvalue weighted by molar-refractivity contribution is 5.27. The summed E-state index contributed by atoms with van der Waals surface area (Å²) in [5, 5.41) is 3.54. The largest absolute Gasteiger partial charge is 0.316 e. The van der Waals surface area contributed by atoms with Gasteiger partial charge in [-0.2, -0.15) is 0 Å². The first-order chi connectivity index (χ1) is 10.2. The van der Waals surface area contributed by atoms with Crippen LogP contribution in [0.1, 0.15) is 37.8 Å². The lowest BCUT2D eigenvalue weighted by molar-refractivity contribution is 0.283. The predicted molar refractivity (Wildman–Crippen MR) is 91.5 cm³/mol. The van der Waals surface area contributed by atoms with E-state index in [4.69, 9.17) is 0 Å². The van der Waals surface area contributed by atoms with Gasteiger partial charge in [0.25, 0.3) is 0 Å². The van der Waals surface area contributed by atoms with E-state index in [2.05, 4.69) is 54.9 Å². The lowest BCUT2D eigenvalue weighted by Gasteiger charge is -2.22. The first kappa shape index (κ1) is 16.3. The van der Waals surface area contributed by atoms with E-state index in [1.807, 2.05) is 6.08 Å². The minimum Gasteiger partial charge on any atom is -0.316 e. The number of hydrogen-bond donors (Lipinski definition) is 1. The average Bonchev–Trinajstić information content (AvgIpc) is 3.29. The fraction of sp³-hybridized carbons (Fsp3) is 0.579. The molecule has 1 fully saturated rings. The molecule has 0 unspecified atom stereocenters. The molecule has 116 valence electrons. The Bertz CT molecular complexity index is 435. The van der Waals surface area contributed by atoms with E-state index in [1.54, 1.807) is 0 Å². The number of nitrogens with zero attached hydrogens (tertiary/aromatic N) is 1. The fourth-order valence-electron chi connectivity index (χ4n) is 2.74. The number of hydrogen-bond acceptors (Lipinski definition) is 2. The van der Waals surface area contributed by atoms with Crippen molar-refractivity contribution in [3.63, 3.8) is 0 Å². The molecule has 1 aromatic rings. The minimum absolute atomic E-state index is 0.721. The van der Waals surface area contributed by atoms with E-state index in [9.17, 15) is 0 Å². The quantitative estimate of drug-likeness (QED) is 0.522. The molecule has 1 aliphatic carbocycles. The predicted octanol–water partition coefficient (Wildman–Crippen LogP) is 3.63. The molecule has 1 aliphatic rings. The van der Waals surface area contributed by atoms with Crippen LogP contribution in [0.5, 0.6) is 0 Å². The smallest absolute Gasteiger partial charge is 0.0242 e. The second-order valence-corrected chi connectivity index (χ2v) is 6.57.